The number of hydrogen-bond acceptors (Lipinski definition) is 8. The van der Waals surface area contributed by atoms with Crippen LogP contribution < -0.4 is 20.1 Å². The molecule has 1 atom stereocenters. The normalized spacial score (nSPS) is 12.4. The second-order valence-electron chi connectivity index (χ2n) is 14.6. The van der Waals surface area contributed by atoms with Gasteiger partial charge in [0, 0.05) is 44.4 Å². The third-order valence-corrected chi connectivity index (χ3v) is 11.6. The molecule has 0 aliphatic heterocycles. The van der Waals surface area contributed by atoms with E-state index < -0.39 is 0 Å². The Morgan fingerprint density at radius 1 is 0.696 bits per heavy atom. The van der Waals surface area contributed by atoms with Crippen LogP contribution in [0.15, 0.2) is 66.7 Å². The summed E-state index contributed by atoms with van der Waals surface area (Å²) in [5, 5.41) is 12.9. The van der Waals surface area contributed by atoms with E-state index in [0.717, 1.165) is 144 Å². The molecule has 0 bridgehead atoms. The highest BCUT2D eigenvalue weighted by atomic mass is 35.5. The third kappa shape index (κ3) is 9.89. The molecule has 4 aromatic carbocycles. The van der Waals surface area contributed by atoms with E-state index in [1.165, 1.54) is 6.42 Å². The number of rotatable bonds is 21. The molecule has 6 rings (SSSR count). The fourth-order valence-electron chi connectivity index (χ4n) is 7.65. The van der Waals surface area contributed by atoms with Crippen molar-refractivity contribution in [1.29, 1.82) is 0 Å². The van der Waals surface area contributed by atoms with Crippen molar-refractivity contribution in [2.75, 3.05) is 63.6 Å². The lowest BCUT2D eigenvalue weighted by atomic mass is 10.0. The Labute approximate surface area is 342 Å². The second kappa shape index (κ2) is 19.9. The first-order valence-electron chi connectivity index (χ1n) is 20.5. The third-order valence-electron chi connectivity index (χ3n) is 11.0. The second-order valence-corrected chi connectivity index (χ2v) is 15.5. The number of anilines is 2. The number of hydrogen-bond donors (Lipinski definition) is 2. The molecule has 56 heavy (non-hydrogen) atoms. The smallest absolute Gasteiger partial charge is 0.131 e. The van der Waals surface area contributed by atoms with Crippen LogP contribution in [-0.4, -0.2) is 78.7 Å². The maximum atomic E-state index is 7.04. The zero-order valence-corrected chi connectivity index (χ0v) is 35.5. The molecule has 0 spiro atoms. The molecule has 0 radical (unpaired) electrons. The van der Waals surface area contributed by atoms with Crippen molar-refractivity contribution in [3.05, 3.63) is 82.3 Å². The standard InChI is InChI=1S/C46H58Cl2N6O2/c1-7-53(8-2)24-13-11-12-23-49-46-35-21-19-33(47)27-41(35)52-40-17-14-18-43(44(40)46)56-30-32-26-36-42(29-38(32)48)51-39-22-20-34(55-6)28-37(39)45(36)50-31(5)16-15-25-54(9-3)10-4/h14,17-22,26-29,31H,7-13,15-16,23-25,30H2,1-6H3,(H,49,52)(H,50,51). The molecule has 2 N–H and O–H groups in total. The summed E-state index contributed by atoms with van der Waals surface area (Å²) in [6.07, 6.45) is 5.56. The number of methoxy groups -OCH3 is 1. The number of ether oxygens (including phenoxy) is 2. The van der Waals surface area contributed by atoms with Crippen LogP contribution in [0.2, 0.25) is 10.0 Å². The minimum Gasteiger partial charge on any atom is -0.497 e. The van der Waals surface area contributed by atoms with E-state index in [2.05, 4.69) is 73.3 Å². The molecule has 298 valence electrons. The van der Waals surface area contributed by atoms with E-state index in [4.69, 9.17) is 42.6 Å². The molecule has 0 saturated carbocycles. The van der Waals surface area contributed by atoms with E-state index >= 15 is 0 Å². The van der Waals surface area contributed by atoms with Crippen molar-refractivity contribution in [1.82, 2.24) is 19.8 Å². The number of aromatic nitrogens is 2. The molecule has 2 aromatic heterocycles. The van der Waals surface area contributed by atoms with Crippen molar-refractivity contribution >= 4 is 78.2 Å². The van der Waals surface area contributed by atoms with Gasteiger partial charge >= 0.3 is 0 Å². The molecule has 6 aromatic rings. The van der Waals surface area contributed by atoms with Crippen LogP contribution in [0.1, 0.15) is 72.3 Å². The van der Waals surface area contributed by atoms with Gasteiger partial charge in [0.05, 0.1) is 45.9 Å². The van der Waals surface area contributed by atoms with Crippen LogP contribution >= 0.6 is 23.2 Å². The van der Waals surface area contributed by atoms with Gasteiger partial charge in [0.1, 0.15) is 18.1 Å². The molecular weight excluding hydrogens is 739 g/mol. The lowest BCUT2D eigenvalue weighted by Gasteiger charge is -2.22. The monoisotopic (exact) mass is 796 g/mol. The Bertz CT molecular complexity index is 2240. The fourth-order valence-corrected chi connectivity index (χ4v) is 8.03. The van der Waals surface area contributed by atoms with Gasteiger partial charge in [0.2, 0.25) is 0 Å². The molecule has 0 amide bonds. The van der Waals surface area contributed by atoms with Gasteiger partial charge in [-0.3, -0.25) is 0 Å². The molecule has 8 nitrogen and oxygen atoms in total. The largest absolute Gasteiger partial charge is 0.497 e. The van der Waals surface area contributed by atoms with Crippen molar-refractivity contribution in [2.45, 2.75) is 79.4 Å². The maximum Gasteiger partial charge on any atom is 0.131 e. The Morgan fingerprint density at radius 2 is 1.41 bits per heavy atom. The van der Waals surface area contributed by atoms with Gasteiger partial charge in [0.25, 0.3) is 0 Å². The highest BCUT2D eigenvalue weighted by Gasteiger charge is 2.18. The Balaban J connectivity index is 1.31. The average molecular weight is 798 g/mol. The summed E-state index contributed by atoms with van der Waals surface area (Å²) < 4.78 is 12.4. The van der Waals surface area contributed by atoms with E-state index in [9.17, 15) is 0 Å². The first-order chi connectivity index (χ1) is 27.3. The van der Waals surface area contributed by atoms with Crippen LogP contribution in [-0.2, 0) is 6.61 Å². The van der Waals surface area contributed by atoms with Gasteiger partial charge in [-0.05, 0) is 133 Å². The van der Waals surface area contributed by atoms with Gasteiger partial charge in [0.15, 0.2) is 0 Å². The van der Waals surface area contributed by atoms with Crippen LogP contribution in [0.3, 0.4) is 0 Å². The van der Waals surface area contributed by atoms with Crippen LogP contribution in [0.25, 0.3) is 43.6 Å². The van der Waals surface area contributed by atoms with E-state index in [1.54, 1.807) is 7.11 Å². The summed E-state index contributed by atoms with van der Waals surface area (Å²) >= 11 is 13.5. The van der Waals surface area contributed by atoms with Gasteiger partial charge in [-0.15, -0.1) is 0 Å². The van der Waals surface area contributed by atoms with Gasteiger partial charge in [-0.25, -0.2) is 9.97 Å². The number of benzene rings is 4. The van der Waals surface area contributed by atoms with E-state index in [-0.39, 0.29) is 12.6 Å². The van der Waals surface area contributed by atoms with Gasteiger partial charge < -0.3 is 29.9 Å². The number of halogens is 2. The zero-order valence-electron chi connectivity index (χ0n) is 34.0. The van der Waals surface area contributed by atoms with E-state index in [1.807, 2.05) is 48.5 Å². The van der Waals surface area contributed by atoms with Crippen LogP contribution in [0.5, 0.6) is 11.5 Å². The predicted octanol–water partition coefficient (Wildman–Crippen LogP) is 11.8. The first-order valence-corrected chi connectivity index (χ1v) is 21.2. The minimum atomic E-state index is 0.238. The quantitative estimate of drug-likeness (QED) is 0.0551. The lowest BCUT2D eigenvalue weighted by Crippen LogP contribution is -2.25. The predicted molar refractivity (Wildman–Crippen MR) is 240 cm³/mol. The number of nitrogens with one attached hydrogen (secondary N) is 2. The van der Waals surface area contributed by atoms with Crippen molar-refractivity contribution in [2.24, 2.45) is 0 Å². The fraction of sp³-hybridized carbons (Fsp3) is 0.435. The molecule has 2 heterocycles. The number of pyridine rings is 2. The number of fused-ring (bicyclic) bond motifs is 4. The molecule has 10 heteroatoms. The van der Waals surface area contributed by atoms with E-state index in [0.29, 0.717) is 10.0 Å². The van der Waals surface area contributed by atoms with Gasteiger partial charge in [-0.1, -0.05) is 63.4 Å². The summed E-state index contributed by atoms with van der Waals surface area (Å²) in [5.41, 5.74) is 6.33. The van der Waals surface area contributed by atoms with Crippen LogP contribution in [0, 0.1) is 0 Å². The lowest BCUT2D eigenvalue weighted by molar-refractivity contribution is 0.295. The Hall–Kier alpha value is -4.08. The van der Waals surface area contributed by atoms with Gasteiger partial charge in [-0.2, -0.15) is 0 Å². The van der Waals surface area contributed by atoms with Crippen molar-refractivity contribution in [3.8, 4) is 11.5 Å². The molecular formula is C46H58Cl2N6O2. The zero-order chi connectivity index (χ0) is 39.6. The topological polar surface area (TPSA) is 74.8 Å². The first kappa shape index (κ1) is 41.6. The molecule has 0 saturated heterocycles. The molecule has 1 unspecified atom stereocenters. The summed E-state index contributed by atoms with van der Waals surface area (Å²) in [6, 6.07) is 22.3. The Morgan fingerprint density at radius 3 is 2.16 bits per heavy atom. The summed E-state index contributed by atoms with van der Waals surface area (Å²) in [5.74, 6) is 1.53. The molecule has 0 aliphatic carbocycles. The number of nitrogens with zero attached hydrogens (tertiary/aromatic N) is 4. The molecule has 0 aliphatic rings. The SMILES string of the molecule is CCN(CC)CCCCCNc1c2ccc(Cl)cc2nc2cccc(OCc3cc4c(NC(C)CCCN(CC)CC)c5cc(OC)ccc5nc4cc3Cl)c12. The summed E-state index contributed by atoms with van der Waals surface area (Å²) in [6.45, 7) is 18.8. The highest BCUT2D eigenvalue weighted by Crippen LogP contribution is 2.40. The molecule has 0 fully saturated rings. The number of unbranched alkanes of at least 4 members (excludes halogenated alkanes) is 2. The summed E-state index contributed by atoms with van der Waals surface area (Å²) in [4.78, 5) is 15.0. The van der Waals surface area contributed by atoms with Crippen molar-refractivity contribution in [3.63, 3.8) is 0 Å². The Kier molecular flexibility index (Phi) is 14.7. The minimum absolute atomic E-state index is 0.238. The highest BCUT2D eigenvalue weighted by molar-refractivity contribution is 6.32. The average Bonchev–Trinajstić information content (AvgIpc) is 3.20. The van der Waals surface area contributed by atoms with Crippen molar-refractivity contribution < 1.29 is 9.47 Å². The van der Waals surface area contributed by atoms with Crippen LogP contribution in [0.4, 0.5) is 11.4 Å². The maximum absolute atomic E-state index is 7.04. The summed E-state index contributed by atoms with van der Waals surface area (Å²) in [7, 11) is 1.70.